The van der Waals surface area contributed by atoms with Gasteiger partial charge < -0.3 is 20.1 Å². The molecule has 0 bridgehead atoms. The van der Waals surface area contributed by atoms with E-state index in [1.807, 2.05) is 13.0 Å². The van der Waals surface area contributed by atoms with E-state index in [1.54, 1.807) is 54.6 Å². The predicted molar refractivity (Wildman–Crippen MR) is 144 cm³/mol. The summed E-state index contributed by atoms with van der Waals surface area (Å²) < 4.78 is 11.4. The van der Waals surface area contributed by atoms with Gasteiger partial charge in [0.2, 0.25) is 0 Å². The van der Waals surface area contributed by atoms with E-state index in [9.17, 15) is 14.4 Å². The lowest BCUT2D eigenvalue weighted by Gasteiger charge is -2.12. The molecule has 3 aromatic rings. The third-order valence-corrected chi connectivity index (χ3v) is 6.00. The van der Waals surface area contributed by atoms with Crippen LogP contribution in [0.5, 0.6) is 11.5 Å². The quantitative estimate of drug-likeness (QED) is 0.297. The Hall–Kier alpha value is -4.44. The van der Waals surface area contributed by atoms with Gasteiger partial charge in [-0.2, -0.15) is 5.10 Å². The lowest BCUT2D eigenvalue weighted by Crippen LogP contribution is -2.33. The summed E-state index contributed by atoms with van der Waals surface area (Å²) in [5.41, 5.74) is 5.17. The van der Waals surface area contributed by atoms with E-state index in [0.29, 0.717) is 33.9 Å². The van der Waals surface area contributed by atoms with Crippen LogP contribution < -0.4 is 25.5 Å². The first-order valence-electron chi connectivity index (χ1n) is 11.1. The maximum absolute atomic E-state index is 13.3. The number of fused-ring (bicyclic) bond motifs is 1. The molecule has 3 aromatic carbocycles. The zero-order chi connectivity index (χ0) is 26.5. The van der Waals surface area contributed by atoms with Crippen molar-refractivity contribution in [3.63, 3.8) is 0 Å². The van der Waals surface area contributed by atoms with Gasteiger partial charge in [-0.15, -0.1) is 0 Å². The minimum atomic E-state index is -0.741. The molecule has 1 heterocycles. The Balaban J connectivity index is 1.70. The molecule has 0 spiro atoms. The Morgan fingerprint density at radius 2 is 1.78 bits per heavy atom. The predicted octanol–water partition coefficient (Wildman–Crippen LogP) is 4.02. The van der Waals surface area contributed by atoms with Crippen LogP contribution in [-0.4, -0.2) is 37.7 Å². The highest BCUT2D eigenvalue weighted by Crippen LogP contribution is 2.31. The highest BCUT2D eigenvalue weighted by atomic mass is 79.9. The molecule has 0 saturated heterocycles. The van der Waals surface area contributed by atoms with Crippen LogP contribution in [0.3, 0.4) is 0 Å². The molecule has 1 aliphatic heterocycles. The van der Waals surface area contributed by atoms with Gasteiger partial charge in [-0.1, -0.05) is 34.1 Å². The van der Waals surface area contributed by atoms with E-state index in [4.69, 9.17) is 9.47 Å². The smallest absolute Gasteiger partial charge is 0.287 e. The van der Waals surface area contributed by atoms with Gasteiger partial charge in [-0.3, -0.25) is 14.4 Å². The van der Waals surface area contributed by atoms with Gasteiger partial charge in [0, 0.05) is 21.2 Å². The minimum absolute atomic E-state index is 0.0421. The maximum Gasteiger partial charge on any atom is 0.287 e. The van der Waals surface area contributed by atoms with Crippen molar-refractivity contribution in [2.75, 3.05) is 19.5 Å². The van der Waals surface area contributed by atoms with Crippen LogP contribution in [0.4, 0.5) is 5.69 Å². The van der Waals surface area contributed by atoms with Gasteiger partial charge in [0.05, 0.1) is 19.9 Å². The second kappa shape index (κ2) is 11.1. The number of halogens is 1. The Kier molecular flexibility index (Phi) is 7.69. The monoisotopic (exact) mass is 562 g/mol. The number of carbonyl (C=O) groups is 3. The average Bonchev–Trinajstić information content (AvgIpc) is 3.22. The molecule has 10 heteroatoms. The summed E-state index contributed by atoms with van der Waals surface area (Å²) in [6.07, 6.45) is 1.45. The molecule has 0 aliphatic carbocycles. The lowest BCUT2D eigenvalue weighted by atomic mass is 10.1. The van der Waals surface area contributed by atoms with Crippen LogP contribution in [0.1, 0.15) is 27.0 Å². The maximum atomic E-state index is 13.3. The number of benzene rings is 3. The topological polar surface area (TPSA) is 118 Å². The molecule has 3 amide bonds. The fourth-order valence-electron chi connectivity index (χ4n) is 3.72. The number of rotatable bonds is 7. The molecule has 3 N–H and O–H groups in total. The number of hydrogen-bond acceptors (Lipinski definition) is 6. The van der Waals surface area contributed by atoms with Crippen molar-refractivity contribution < 1.29 is 23.9 Å². The Morgan fingerprint density at radius 3 is 2.49 bits per heavy atom. The minimum Gasteiger partial charge on any atom is -0.497 e. The van der Waals surface area contributed by atoms with Crippen molar-refractivity contribution in [2.24, 2.45) is 5.10 Å². The van der Waals surface area contributed by atoms with Crippen molar-refractivity contribution in [1.82, 2.24) is 10.7 Å². The zero-order valence-electron chi connectivity index (χ0n) is 20.2. The highest BCUT2D eigenvalue weighted by molar-refractivity contribution is 9.10. The average molecular weight is 563 g/mol. The molecule has 37 heavy (non-hydrogen) atoms. The lowest BCUT2D eigenvalue weighted by molar-refractivity contribution is -0.117. The summed E-state index contributed by atoms with van der Waals surface area (Å²) >= 11 is 3.42. The van der Waals surface area contributed by atoms with Gasteiger partial charge in [0.25, 0.3) is 17.7 Å². The highest BCUT2D eigenvalue weighted by Gasteiger charge is 2.28. The number of carbonyl (C=O) groups excluding carboxylic acids is 3. The molecule has 1 aliphatic rings. The van der Waals surface area contributed by atoms with Crippen LogP contribution in [0, 0.1) is 6.92 Å². The number of amides is 3. The summed E-state index contributed by atoms with van der Waals surface area (Å²) in [6, 6.07) is 17.1. The van der Waals surface area contributed by atoms with Crippen LogP contribution in [0.15, 0.2) is 75.9 Å². The Labute approximate surface area is 221 Å². The summed E-state index contributed by atoms with van der Waals surface area (Å²) in [7, 11) is 3.00. The molecule has 188 valence electrons. The van der Waals surface area contributed by atoms with E-state index >= 15 is 0 Å². The normalized spacial score (nSPS) is 13.6. The number of anilines is 1. The fraction of sp³-hybridized carbons (Fsp3) is 0.111. The van der Waals surface area contributed by atoms with Crippen LogP contribution >= 0.6 is 15.9 Å². The third kappa shape index (κ3) is 5.70. The molecular weight excluding hydrogens is 540 g/mol. The van der Waals surface area contributed by atoms with Crippen molar-refractivity contribution in [3.05, 3.63) is 93.1 Å². The summed E-state index contributed by atoms with van der Waals surface area (Å²) in [5, 5.41) is 9.47. The number of nitrogens with zero attached hydrogens (tertiary/aromatic N) is 1. The van der Waals surface area contributed by atoms with Crippen molar-refractivity contribution in [3.8, 4) is 11.5 Å². The van der Waals surface area contributed by atoms with Crippen molar-refractivity contribution >= 4 is 51.1 Å². The second-order valence-electron chi connectivity index (χ2n) is 7.99. The van der Waals surface area contributed by atoms with Gasteiger partial charge in [0.15, 0.2) is 5.71 Å². The molecule has 0 fully saturated rings. The zero-order valence-corrected chi connectivity index (χ0v) is 21.8. The standard InChI is InChI=1S/C27H23BrN4O5/c1-15-11-18(28)14-20-23(15)30-27(35)24(20)31-32-26(34)21(29-25(33)16-7-5-4-6-8-16)13-17-12-19(36-2)9-10-22(17)37-3/h4-14H,1-3H3,(H,29,33)(H,32,34)(H,30,31,35)/b21-13-. The molecule has 0 unspecified atom stereocenters. The Bertz CT molecular complexity index is 1450. The first-order valence-corrected chi connectivity index (χ1v) is 11.9. The Morgan fingerprint density at radius 1 is 1.03 bits per heavy atom. The largest absolute Gasteiger partial charge is 0.497 e. The molecular formula is C27H23BrN4O5. The number of nitrogens with one attached hydrogen (secondary N) is 3. The van der Waals surface area contributed by atoms with Crippen LogP contribution in [0.2, 0.25) is 0 Å². The number of aryl methyl sites for hydroxylation is 1. The molecule has 0 saturated carbocycles. The molecule has 0 aromatic heterocycles. The first-order chi connectivity index (χ1) is 17.8. The van der Waals surface area contributed by atoms with Crippen LogP contribution in [-0.2, 0) is 9.59 Å². The third-order valence-electron chi connectivity index (χ3n) is 5.54. The number of hydrogen-bond donors (Lipinski definition) is 3. The van der Waals surface area contributed by atoms with Crippen molar-refractivity contribution in [2.45, 2.75) is 6.92 Å². The number of hydrazone groups is 1. The fourth-order valence-corrected chi connectivity index (χ4v) is 4.29. The first kappa shape index (κ1) is 25.6. The molecule has 9 nitrogen and oxygen atoms in total. The van der Waals surface area contributed by atoms with Gasteiger partial charge in [-0.05, 0) is 61.0 Å². The second-order valence-corrected chi connectivity index (χ2v) is 8.90. The van der Waals surface area contributed by atoms with Crippen LogP contribution in [0.25, 0.3) is 6.08 Å². The number of ether oxygens (including phenoxy) is 2. The summed E-state index contributed by atoms with van der Waals surface area (Å²) in [5.74, 6) is -0.711. The van der Waals surface area contributed by atoms with E-state index in [0.717, 1.165) is 10.0 Å². The molecule has 0 radical (unpaired) electrons. The van der Waals surface area contributed by atoms with Gasteiger partial charge in [-0.25, -0.2) is 5.43 Å². The SMILES string of the molecule is COc1ccc(OC)c(/C=C(\NC(=O)c2ccccc2)C(=O)N/N=C2\C(=O)Nc3c(C)cc(Br)cc32)c1. The summed E-state index contributed by atoms with van der Waals surface area (Å²) in [6.45, 7) is 1.85. The van der Waals surface area contributed by atoms with Gasteiger partial charge >= 0.3 is 0 Å². The van der Waals surface area contributed by atoms with Gasteiger partial charge in [0.1, 0.15) is 17.2 Å². The summed E-state index contributed by atoms with van der Waals surface area (Å²) in [4.78, 5) is 38.7. The van der Waals surface area contributed by atoms with E-state index < -0.39 is 17.7 Å². The van der Waals surface area contributed by atoms with E-state index in [-0.39, 0.29) is 11.4 Å². The van der Waals surface area contributed by atoms with E-state index in [2.05, 4.69) is 37.1 Å². The van der Waals surface area contributed by atoms with E-state index in [1.165, 1.54) is 20.3 Å². The number of methoxy groups -OCH3 is 2. The van der Waals surface area contributed by atoms with Crippen molar-refractivity contribution in [1.29, 1.82) is 0 Å². The molecule has 0 atom stereocenters. The molecule has 4 rings (SSSR count).